The van der Waals surface area contributed by atoms with Crippen LogP contribution < -0.4 is 67.1 Å². The molecule has 2 aliphatic carbocycles. The highest BCUT2D eigenvalue weighted by Gasteiger charge is 2.50. The first-order valence-electron chi connectivity index (χ1n) is 29.7. The van der Waals surface area contributed by atoms with Crippen LogP contribution in [0, 0.1) is 0 Å². The number of unbranched alkanes of at least 4 members (excludes halogenated alkanes) is 6. The van der Waals surface area contributed by atoms with Gasteiger partial charge in [-0.25, -0.2) is 0 Å². The molecule has 32 heteroatoms. The molecule has 484 valence electrons. The van der Waals surface area contributed by atoms with Gasteiger partial charge < -0.3 is 131 Å². The summed E-state index contributed by atoms with van der Waals surface area (Å²) >= 11 is 14.8. The Morgan fingerprint density at radius 2 is 0.940 bits per heavy atom. The van der Waals surface area contributed by atoms with Crippen LogP contribution in [0.2, 0.25) is 0 Å². The van der Waals surface area contributed by atoms with Crippen LogP contribution in [0.5, 0.6) is 0 Å². The third-order valence-electron chi connectivity index (χ3n) is 15.4. The molecular weight excluding hydrogens is 1160 g/mol. The third kappa shape index (κ3) is 25.9. The fourth-order valence-electron chi connectivity index (χ4n) is 10.4. The van der Waals surface area contributed by atoms with Crippen LogP contribution in [-0.2, 0) is 28.4 Å². The number of hydrogen-bond acceptors (Lipinski definition) is 26. The lowest BCUT2D eigenvalue weighted by Crippen LogP contribution is -2.67. The molecule has 0 aromatic rings. The molecule has 0 aromatic heterocycles. The number of thioether (sulfide) groups is 2. The zero-order valence-electron chi connectivity index (χ0n) is 48.2. The molecule has 2 saturated carbocycles. The summed E-state index contributed by atoms with van der Waals surface area (Å²) in [6.07, 6.45) is -3.80. The molecule has 0 bridgehead atoms. The molecule has 28 nitrogen and oxygen atoms in total. The van der Waals surface area contributed by atoms with Crippen LogP contribution in [0.25, 0.3) is 10.4 Å². The molecule has 4 aliphatic rings. The van der Waals surface area contributed by atoms with Crippen LogP contribution in [0.4, 0.5) is 0 Å². The summed E-state index contributed by atoms with van der Waals surface area (Å²) in [6.45, 7) is 7.00. The predicted octanol–water partition coefficient (Wildman–Crippen LogP) is -3.87. The van der Waals surface area contributed by atoms with Gasteiger partial charge in [-0.15, -0.1) is 0 Å². The average Bonchev–Trinajstić information content (AvgIpc) is 3.53. The fraction of sp³-hybridized carbons (Fsp3) is 0.961. The highest BCUT2D eigenvalue weighted by atomic mass is 32.2. The fourth-order valence-corrected chi connectivity index (χ4v) is 12.5. The Morgan fingerprint density at radius 3 is 1.42 bits per heavy atom. The Hall–Kier alpha value is -1.45. The van der Waals surface area contributed by atoms with E-state index in [0.717, 1.165) is 139 Å². The summed E-state index contributed by atoms with van der Waals surface area (Å²) < 4.78 is 36.0. The molecule has 2 heterocycles. The SMILES string of the molecule is [N-]=[N+]=NCCCCCN(CCCCNC(=S)NCCSCCCCOC1[C@H](O[C@H]2OC(CN)[C@@H](O)[C@H](O)C2N)C(N)C[C@@H](N)[C@H]1O)CCCNC(=S)NCCSCCCCCOC1[C@H](O[C@H]2OC(CN)[C@@H](O)[C@H](O)C2N)C(N)C[C@@H](N)[C@H]1O. The number of aliphatic hydroxyl groups is 6. The van der Waals surface area contributed by atoms with Gasteiger partial charge in [0.2, 0.25) is 0 Å². The van der Waals surface area contributed by atoms with E-state index in [1.807, 2.05) is 11.8 Å². The van der Waals surface area contributed by atoms with Gasteiger partial charge >= 0.3 is 0 Å². The molecule has 0 aromatic carbocycles. The van der Waals surface area contributed by atoms with Crippen LogP contribution in [0.15, 0.2) is 5.11 Å². The Kier molecular flexibility index (Phi) is 37.2. The quantitative estimate of drug-likeness (QED) is 0.00918. The van der Waals surface area contributed by atoms with Crippen LogP contribution in [0.1, 0.15) is 83.5 Å². The van der Waals surface area contributed by atoms with Crippen LogP contribution >= 0.6 is 48.0 Å². The molecule has 0 radical (unpaired) electrons. The molecule has 2 aliphatic heterocycles. The number of nitrogens with two attached hydrogens (primary N) is 8. The van der Waals surface area contributed by atoms with E-state index in [1.54, 1.807) is 11.8 Å². The van der Waals surface area contributed by atoms with Crippen molar-refractivity contribution in [2.75, 3.05) is 102 Å². The second-order valence-electron chi connectivity index (χ2n) is 21.9. The lowest BCUT2D eigenvalue weighted by atomic mass is 9.84. The molecule has 83 heavy (non-hydrogen) atoms. The normalized spacial score (nSPS) is 33.8. The van der Waals surface area contributed by atoms with E-state index in [9.17, 15) is 30.6 Å². The maximum atomic E-state index is 10.9. The molecular formula is C51H104N16O12S4. The van der Waals surface area contributed by atoms with E-state index >= 15 is 0 Å². The molecule has 8 unspecified atom stereocenters. The smallest absolute Gasteiger partial charge is 0.176 e. The van der Waals surface area contributed by atoms with Gasteiger partial charge in [0.25, 0.3) is 0 Å². The summed E-state index contributed by atoms with van der Waals surface area (Å²) in [4.78, 5) is 5.35. The predicted molar refractivity (Wildman–Crippen MR) is 331 cm³/mol. The van der Waals surface area contributed by atoms with Crippen molar-refractivity contribution >= 4 is 58.2 Å². The van der Waals surface area contributed by atoms with E-state index in [4.69, 9.17) is 104 Å². The molecule has 4 rings (SSSR count). The van der Waals surface area contributed by atoms with Gasteiger partial charge in [-0.2, -0.15) is 23.5 Å². The van der Waals surface area contributed by atoms with Crippen molar-refractivity contribution in [3.8, 4) is 0 Å². The van der Waals surface area contributed by atoms with Crippen LogP contribution in [-0.4, -0.2) is 270 Å². The Bertz CT molecular complexity index is 1830. The van der Waals surface area contributed by atoms with Gasteiger partial charge in [-0.05, 0) is 132 Å². The summed E-state index contributed by atoms with van der Waals surface area (Å²) in [5, 5.41) is 81.5. The highest BCUT2D eigenvalue weighted by molar-refractivity contribution is 7.99. The van der Waals surface area contributed by atoms with Crippen molar-refractivity contribution in [3.05, 3.63) is 10.4 Å². The van der Waals surface area contributed by atoms with E-state index in [0.29, 0.717) is 36.4 Å². The number of rotatable bonds is 40. The van der Waals surface area contributed by atoms with Crippen molar-refractivity contribution in [2.45, 2.75) is 206 Å². The van der Waals surface area contributed by atoms with Gasteiger partial charge in [0, 0.05) is 99.6 Å². The first-order chi connectivity index (χ1) is 39.9. The van der Waals surface area contributed by atoms with Crippen molar-refractivity contribution < 1.29 is 59.1 Å². The summed E-state index contributed by atoms with van der Waals surface area (Å²) in [5.74, 6) is 3.66. The lowest BCUT2D eigenvalue weighted by molar-refractivity contribution is -0.291. The van der Waals surface area contributed by atoms with Gasteiger partial charge in [0.15, 0.2) is 22.8 Å². The topological polar surface area (TPSA) is 485 Å². The van der Waals surface area contributed by atoms with Crippen molar-refractivity contribution in [1.29, 1.82) is 0 Å². The number of ether oxygens (including phenoxy) is 6. The zero-order valence-corrected chi connectivity index (χ0v) is 51.5. The van der Waals surface area contributed by atoms with E-state index in [1.165, 1.54) is 0 Å². The third-order valence-corrected chi connectivity index (χ3v) is 18.1. The highest BCUT2D eigenvalue weighted by Crippen LogP contribution is 2.31. The molecule has 4 fully saturated rings. The number of aliphatic hydroxyl groups excluding tert-OH is 6. The summed E-state index contributed by atoms with van der Waals surface area (Å²) in [7, 11) is 0. The van der Waals surface area contributed by atoms with Crippen molar-refractivity contribution in [2.24, 2.45) is 51.0 Å². The van der Waals surface area contributed by atoms with Gasteiger partial charge in [-0.1, -0.05) is 18.0 Å². The first kappa shape index (κ1) is 74.0. The monoisotopic (exact) mass is 1260 g/mol. The average molecular weight is 1260 g/mol. The second-order valence-corrected chi connectivity index (χ2v) is 25.2. The number of hydrogen-bond donors (Lipinski definition) is 18. The second kappa shape index (κ2) is 41.7. The zero-order chi connectivity index (χ0) is 60.7. The summed E-state index contributed by atoms with van der Waals surface area (Å²) in [6, 6.07) is -4.49. The minimum Gasteiger partial charge on any atom is -0.389 e. The molecule has 20 atom stereocenters. The van der Waals surface area contributed by atoms with E-state index in [-0.39, 0.29) is 19.5 Å². The number of nitrogens with one attached hydrogen (secondary N) is 4. The van der Waals surface area contributed by atoms with Crippen LogP contribution in [0.3, 0.4) is 0 Å². The number of thiocarbonyl (C=S) groups is 2. The molecule has 2 saturated heterocycles. The molecule has 26 N–H and O–H groups in total. The number of nitrogens with zero attached hydrogens (tertiary/aromatic N) is 4. The summed E-state index contributed by atoms with van der Waals surface area (Å²) in [5.41, 5.74) is 57.5. The Morgan fingerprint density at radius 1 is 0.518 bits per heavy atom. The van der Waals surface area contributed by atoms with E-state index in [2.05, 4.69) is 36.2 Å². The minimum atomic E-state index is -1.32. The van der Waals surface area contributed by atoms with Crippen molar-refractivity contribution in [3.63, 3.8) is 0 Å². The lowest BCUT2D eigenvalue weighted by Gasteiger charge is -2.46. The Labute approximate surface area is 509 Å². The minimum absolute atomic E-state index is 0.0489. The standard InChI is InChI=1S/C51H104N16O12S4/c52-28-34-40(70)42(72)36(58)48(76-34)78-44-32(56)26-30(54)38(68)46(44)74-20-7-2-9-22-82-24-15-64-51(81)62-13-11-19-67(17-5-1-3-14-65-66-60)18-6-4-12-61-50(80)63-16-25-83-23-10-8-21-75-47-39(69)31(55)27-33(57)45(47)79-49-37(59)43(73)41(71)35(29-53)77-49/h30-49,68-73H,1-29,52-59H2,(H2,61,63,80)(H2,62,64,81)/t30-,31-,32?,33?,34?,35?,36?,37?,38-,39-,40-,41-,42-,43-,44-,45-,46?,47?,48-,49-/m1/s1. The van der Waals surface area contributed by atoms with Gasteiger partial charge in [0.05, 0.1) is 24.3 Å². The molecule has 0 spiro atoms. The van der Waals surface area contributed by atoms with Crippen molar-refractivity contribution in [1.82, 2.24) is 26.2 Å². The van der Waals surface area contributed by atoms with Gasteiger partial charge in [-0.3, -0.25) is 0 Å². The maximum Gasteiger partial charge on any atom is 0.176 e. The first-order valence-corrected chi connectivity index (χ1v) is 32.9. The Balaban J connectivity index is 1.00. The van der Waals surface area contributed by atoms with Gasteiger partial charge in [0.1, 0.15) is 61.0 Å². The largest absolute Gasteiger partial charge is 0.389 e. The maximum absolute atomic E-state index is 10.9. The number of azide groups is 1. The van der Waals surface area contributed by atoms with E-state index < -0.39 is 122 Å². The molecule has 0 amide bonds.